The normalized spacial score (nSPS) is 10.5. The Labute approximate surface area is 123 Å². The second kappa shape index (κ2) is 9.18. The molecule has 0 aliphatic carbocycles. The summed E-state index contributed by atoms with van der Waals surface area (Å²) in [5.41, 5.74) is 1.15. The van der Waals surface area contributed by atoms with Crippen LogP contribution in [0, 0.1) is 0 Å². The number of halogens is 1. The van der Waals surface area contributed by atoms with E-state index < -0.39 is 0 Å². The number of methoxy groups -OCH3 is 2. The topological polar surface area (TPSA) is 50.7 Å². The molecule has 19 heavy (non-hydrogen) atoms. The van der Waals surface area contributed by atoms with Crippen LogP contribution in [0.3, 0.4) is 0 Å². The van der Waals surface area contributed by atoms with Crippen molar-refractivity contribution in [3.8, 4) is 11.5 Å². The van der Waals surface area contributed by atoms with E-state index in [1.807, 2.05) is 12.1 Å². The summed E-state index contributed by atoms with van der Waals surface area (Å²) in [4.78, 5) is 0. The number of hydrogen-bond acceptors (Lipinski definition) is 4. The van der Waals surface area contributed by atoms with E-state index in [4.69, 9.17) is 14.6 Å². The Morgan fingerprint density at radius 2 is 1.95 bits per heavy atom. The highest BCUT2D eigenvalue weighted by Crippen LogP contribution is 2.36. The zero-order chi connectivity index (χ0) is 14.1. The van der Waals surface area contributed by atoms with Crippen LogP contribution in [0.25, 0.3) is 0 Å². The van der Waals surface area contributed by atoms with Gasteiger partial charge in [0, 0.05) is 13.2 Å². The van der Waals surface area contributed by atoms with Gasteiger partial charge in [-0.15, -0.1) is 0 Å². The highest BCUT2D eigenvalue weighted by Gasteiger charge is 2.10. The first-order valence-corrected chi connectivity index (χ1v) is 7.24. The fourth-order valence-electron chi connectivity index (χ4n) is 1.84. The van der Waals surface area contributed by atoms with Crippen molar-refractivity contribution in [1.82, 2.24) is 5.32 Å². The predicted molar refractivity (Wildman–Crippen MR) is 79.9 cm³/mol. The Morgan fingerprint density at radius 1 is 1.16 bits per heavy atom. The summed E-state index contributed by atoms with van der Waals surface area (Å²) >= 11 is 3.48. The average Bonchev–Trinajstić information content (AvgIpc) is 2.42. The van der Waals surface area contributed by atoms with Crippen molar-refractivity contribution >= 4 is 15.9 Å². The summed E-state index contributed by atoms with van der Waals surface area (Å²) in [6.07, 6.45) is 3.01. The number of benzene rings is 1. The lowest BCUT2D eigenvalue weighted by Gasteiger charge is -2.12. The summed E-state index contributed by atoms with van der Waals surface area (Å²) in [7, 11) is 3.26. The van der Waals surface area contributed by atoms with Crippen LogP contribution in [-0.2, 0) is 6.54 Å². The van der Waals surface area contributed by atoms with Gasteiger partial charge < -0.3 is 19.9 Å². The lowest BCUT2D eigenvalue weighted by Crippen LogP contribution is -2.15. The van der Waals surface area contributed by atoms with Crippen molar-refractivity contribution in [3.63, 3.8) is 0 Å². The first-order chi connectivity index (χ1) is 9.22. The minimum Gasteiger partial charge on any atom is -0.493 e. The Morgan fingerprint density at radius 3 is 2.58 bits per heavy atom. The van der Waals surface area contributed by atoms with Crippen molar-refractivity contribution < 1.29 is 14.6 Å². The number of ether oxygens (including phenoxy) is 2. The maximum Gasteiger partial charge on any atom is 0.174 e. The molecule has 4 nitrogen and oxygen atoms in total. The average molecular weight is 332 g/mol. The Bertz CT molecular complexity index is 385. The lowest BCUT2D eigenvalue weighted by molar-refractivity contribution is 0.283. The third-order valence-electron chi connectivity index (χ3n) is 2.83. The van der Waals surface area contributed by atoms with E-state index in [0.29, 0.717) is 5.75 Å². The molecule has 0 saturated heterocycles. The zero-order valence-corrected chi connectivity index (χ0v) is 13.1. The number of hydrogen-bond donors (Lipinski definition) is 2. The van der Waals surface area contributed by atoms with Crippen molar-refractivity contribution in [1.29, 1.82) is 0 Å². The Kier molecular flexibility index (Phi) is 7.86. The molecule has 0 fully saturated rings. The van der Waals surface area contributed by atoms with Crippen molar-refractivity contribution in [3.05, 3.63) is 22.2 Å². The van der Waals surface area contributed by atoms with Crippen molar-refractivity contribution in [2.45, 2.75) is 25.8 Å². The van der Waals surface area contributed by atoms with Crippen LogP contribution in [-0.4, -0.2) is 32.5 Å². The molecular weight excluding hydrogens is 310 g/mol. The van der Waals surface area contributed by atoms with E-state index in [0.717, 1.165) is 48.1 Å². The molecule has 0 bridgehead atoms. The minimum atomic E-state index is 0.280. The Balaban J connectivity index is 2.48. The fourth-order valence-corrected chi connectivity index (χ4v) is 2.50. The summed E-state index contributed by atoms with van der Waals surface area (Å²) in [5.74, 6) is 1.45. The molecule has 0 unspecified atom stereocenters. The molecule has 2 N–H and O–H groups in total. The second-order valence-electron chi connectivity index (χ2n) is 4.27. The van der Waals surface area contributed by atoms with Crippen LogP contribution in [0.2, 0.25) is 0 Å². The van der Waals surface area contributed by atoms with Gasteiger partial charge in [-0.2, -0.15) is 0 Å². The van der Waals surface area contributed by atoms with Crippen molar-refractivity contribution in [2.24, 2.45) is 0 Å². The smallest absolute Gasteiger partial charge is 0.174 e. The van der Waals surface area contributed by atoms with Gasteiger partial charge in [-0.25, -0.2) is 0 Å². The number of nitrogens with one attached hydrogen (secondary N) is 1. The number of aliphatic hydroxyl groups is 1. The van der Waals surface area contributed by atoms with Gasteiger partial charge in [0.1, 0.15) is 0 Å². The third kappa shape index (κ3) is 5.38. The van der Waals surface area contributed by atoms with E-state index in [2.05, 4.69) is 21.2 Å². The molecule has 0 radical (unpaired) electrons. The molecular formula is C14H22BrNO3. The predicted octanol–water partition coefficient (Wildman–Crippen LogP) is 2.72. The molecule has 1 aromatic carbocycles. The molecule has 0 amide bonds. The fraction of sp³-hybridized carbons (Fsp3) is 0.571. The molecule has 0 saturated carbocycles. The van der Waals surface area contributed by atoms with E-state index in [9.17, 15) is 0 Å². The van der Waals surface area contributed by atoms with E-state index in [1.54, 1.807) is 14.2 Å². The van der Waals surface area contributed by atoms with Gasteiger partial charge in [-0.1, -0.05) is 0 Å². The van der Waals surface area contributed by atoms with E-state index in [1.165, 1.54) is 0 Å². The van der Waals surface area contributed by atoms with Gasteiger partial charge in [0.2, 0.25) is 0 Å². The lowest BCUT2D eigenvalue weighted by atomic mass is 10.2. The van der Waals surface area contributed by atoms with Gasteiger partial charge >= 0.3 is 0 Å². The molecule has 5 heteroatoms. The van der Waals surface area contributed by atoms with Crippen LogP contribution in [0.15, 0.2) is 16.6 Å². The van der Waals surface area contributed by atoms with E-state index >= 15 is 0 Å². The summed E-state index contributed by atoms with van der Waals surface area (Å²) in [5, 5.41) is 12.1. The van der Waals surface area contributed by atoms with Crippen molar-refractivity contribution in [2.75, 3.05) is 27.4 Å². The van der Waals surface area contributed by atoms with Crippen LogP contribution in [0.1, 0.15) is 24.8 Å². The van der Waals surface area contributed by atoms with Crippen LogP contribution < -0.4 is 14.8 Å². The maximum atomic E-state index is 8.69. The third-order valence-corrected chi connectivity index (χ3v) is 3.42. The Hall–Kier alpha value is -0.780. The highest BCUT2D eigenvalue weighted by molar-refractivity contribution is 9.10. The summed E-state index contributed by atoms with van der Waals surface area (Å²) in [6.45, 7) is 2.02. The van der Waals surface area contributed by atoms with E-state index in [-0.39, 0.29) is 6.61 Å². The van der Waals surface area contributed by atoms with Crippen LogP contribution >= 0.6 is 15.9 Å². The number of rotatable bonds is 9. The van der Waals surface area contributed by atoms with Gasteiger partial charge in [0.25, 0.3) is 0 Å². The second-order valence-corrected chi connectivity index (χ2v) is 5.13. The molecule has 0 aliphatic rings. The molecule has 108 valence electrons. The molecule has 1 rings (SSSR count). The molecule has 0 aliphatic heterocycles. The van der Waals surface area contributed by atoms with Gasteiger partial charge in [-0.05, 0) is 59.4 Å². The molecule has 0 spiro atoms. The van der Waals surface area contributed by atoms with Crippen LogP contribution in [0.4, 0.5) is 0 Å². The number of aliphatic hydroxyl groups excluding tert-OH is 1. The van der Waals surface area contributed by atoms with Crippen LogP contribution in [0.5, 0.6) is 11.5 Å². The molecule has 0 aromatic heterocycles. The summed E-state index contributed by atoms with van der Waals surface area (Å²) < 4.78 is 11.5. The SMILES string of the molecule is COc1cc(CNCCCCCO)cc(Br)c1OC. The largest absolute Gasteiger partial charge is 0.493 e. The van der Waals surface area contributed by atoms with Gasteiger partial charge in [0.05, 0.1) is 18.7 Å². The molecule has 0 heterocycles. The first kappa shape index (κ1) is 16.3. The number of unbranched alkanes of at least 4 members (excludes halogenated alkanes) is 2. The summed E-state index contributed by atoms with van der Waals surface area (Å²) in [6, 6.07) is 4.01. The quantitative estimate of drug-likeness (QED) is 0.683. The molecule has 0 atom stereocenters. The van der Waals surface area contributed by atoms with Gasteiger partial charge in [0.15, 0.2) is 11.5 Å². The minimum absolute atomic E-state index is 0.280. The monoisotopic (exact) mass is 331 g/mol. The standard InChI is InChI=1S/C14H22BrNO3/c1-18-13-9-11(8-12(15)14(13)19-2)10-16-6-4-3-5-7-17/h8-9,16-17H,3-7,10H2,1-2H3. The first-order valence-electron chi connectivity index (χ1n) is 6.45. The maximum absolute atomic E-state index is 8.69. The zero-order valence-electron chi connectivity index (χ0n) is 11.5. The molecule has 1 aromatic rings. The highest BCUT2D eigenvalue weighted by atomic mass is 79.9. The van der Waals surface area contributed by atoms with Gasteiger partial charge in [-0.3, -0.25) is 0 Å².